The van der Waals surface area contributed by atoms with Crippen LogP contribution in [0.25, 0.3) is 0 Å². The third-order valence-electron chi connectivity index (χ3n) is 3.13. The van der Waals surface area contributed by atoms with Gasteiger partial charge in [-0.1, -0.05) is 6.07 Å². The second-order valence-electron chi connectivity index (χ2n) is 4.98. The summed E-state index contributed by atoms with van der Waals surface area (Å²) < 4.78 is 26.0. The maximum absolute atomic E-state index is 12.3. The summed E-state index contributed by atoms with van der Waals surface area (Å²) >= 11 is 3.21. The molecule has 23 heavy (non-hydrogen) atoms. The molecule has 0 fully saturated rings. The number of hydrogen-bond acceptors (Lipinski definition) is 4. The van der Waals surface area contributed by atoms with E-state index in [4.69, 9.17) is 0 Å². The van der Waals surface area contributed by atoms with Crippen LogP contribution in [-0.4, -0.2) is 37.7 Å². The van der Waals surface area contributed by atoms with Gasteiger partial charge in [-0.2, -0.15) is 0 Å². The fraction of sp³-hybridized carbons (Fsp3) is 0.200. The molecule has 0 saturated heterocycles. The van der Waals surface area contributed by atoms with Crippen LogP contribution in [0.3, 0.4) is 0 Å². The Morgan fingerprint density at radius 3 is 2.65 bits per heavy atom. The largest absolute Gasteiger partial charge is 0.348 e. The van der Waals surface area contributed by atoms with Crippen LogP contribution in [0, 0.1) is 0 Å². The highest BCUT2D eigenvalue weighted by atomic mass is 79.9. The van der Waals surface area contributed by atoms with Gasteiger partial charge in [0, 0.05) is 43.1 Å². The van der Waals surface area contributed by atoms with E-state index in [1.165, 1.54) is 20.2 Å². The predicted molar refractivity (Wildman–Crippen MR) is 90.4 cm³/mol. The molecule has 0 aliphatic carbocycles. The first-order chi connectivity index (χ1) is 10.8. The molecule has 0 aliphatic rings. The Morgan fingerprint density at radius 1 is 1.30 bits per heavy atom. The van der Waals surface area contributed by atoms with Crippen molar-refractivity contribution in [3.63, 3.8) is 0 Å². The fourth-order valence-electron chi connectivity index (χ4n) is 1.83. The molecule has 0 unspecified atom stereocenters. The summed E-state index contributed by atoms with van der Waals surface area (Å²) in [5.74, 6) is -0.350. The lowest BCUT2D eigenvalue weighted by Gasteiger charge is -2.14. The number of aromatic nitrogens is 1. The number of nitrogens with zero attached hydrogens (tertiary/aromatic N) is 2. The lowest BCUT2D eigenvalue weighted by molar-refractivity contribution is 0.0950. The van der Waals surface area contributed by atoms with Gasteiger partial charge in [-0.25, -0.2) is 12.7 Å². The second-order valence-corrected chi connectivity index (χ2v) is 7.95. The third kappa shape index (κ3) is 4.15. The number of carbonyl (C=O) groups is 1. The summed E-state index contributed by atoms with van der Waals surface area (Å²) in [5.41, 5.74) is 1.14. The third-order valence-corrected chi connectivity index (χ3v) is 5.94. The van der Waals surface area contributed by atoms with E-state index < -0.39 is 10.0 Å². The van der Waals surface area contributed by atoms with Crippen molar-refractivity contribution in [1.29, 1.82) is 0 Å². The zero-order valence-corrected chi connectivity index (χ0v) is 15.1. The molecule has 6 nitrogen and oxygen atoms in total. The molecule has 0 radical (unpaired) electrons. The predicted octanol–water partition coefficient (Wildman–Crippen LogP) is 2.02. The monoisotopic (exact) mass is 397 g/mol. The van der Waals surface area contributed by atoms with E-state index in [0.29, 0.717) is 11.0 Å². The van der Waals surface area contributed by atoms with Crippen molar-refractivity contribution in [1.82, 2.24) is 14.6 Å². The maximum Gasteiger partial charge on any atom is 0.251 e. The van der Waals surface area contributed by atoms with E-state index in [0.717, 1.165) is 9.87 Å². The van der Waals surface area contributed by atoms with Crippen molar-refractivity contribution in [2.75, 3.05) is 14.1 Å². The van der Waals surface area contributed by atoms with Crippen molar-refractivity contribution in [2.45, 2.75) is 11.4 Å². The molecule has 1 aromatic carbocycles. The number of hydrogen-bond donors (Lipinski definition) is 1. The molecule has 2 rings (SSSR count). The standard InChI is InChI=1S/C15H16BrN3O3S/c1-19(2)23(21,22)14-8-12(5-6-13(14)16)15(20)18-10-11-4-3-7-17-9-11/h3-9H,10H2,1-2H3,(H,18,20). The van der Waals surface area contributed by atoms with Gasteiger partial charge < -0.3 is 5.32 Å². The summed E-state index contributed by atoms with van der Waals surface area (Å²) in [7, 11) is -0.751. The number of rotatable bonds is 5. The van der Waals surface area contributed by atoms with Gasteiger partial charge in [-0.15, -0.1) is 0 Å². The van der Waals surface area contributed by atoms with E-state index in [2.05, 4.69) is 26.2 Å². The first kappa shape index (κ1) is 17.6. The van der Waals surface area contributed by atoms with Crippen molar-refractivity contribution >= 4 is 31.9 Å². The minimum absolute atomic E-state index is 0.0523. The highest BCUT2D eigenvalue weighted by molar-refractivity contribution is 9.10. The minimum Gasteiger partial charge on any atom is -0.348 e. The molecule has 0 bridgehead atoms. The molecule has 8 heteroatoms. The molecular formula is C15H16BrN3O3S. The second kappa shape index (κ2) is 7.20. The Balaban J connectivity index is 2.22. The topological polar surface area (TPSA) is 79.4 Å². The molecule has 1 N–H and O–H groups in total. The fourth-order valence-corrected chi connectivity index (χ4v) is 3.67. The van der Waals surface area contributed by atoms with Crippen molar-refractivity contribution < 1.29 is 13.2 Å². The van der Waals surface area contributed by atoms with Crippen LogP contribution in [0.2, 0.25) is 0 Å². The maximum atomic E-state index is 12.3. The first-order valence-electron chi connectivity index (χ1n) is 6.71. The van der Waals surface area contributed by atoms with Gasteiger partial charge >= 0.3 is 0 Å². The summed E-state index contributed by atoms with van der Waals surface area (Å²) in [6.45, 7) is 0.318. The van der Waals surface area contributed by atoms with Crippen LogP contribution in [0.4, 0.5) is 0 Å². The average Bonchev–Trinajstić information content (AvgIpc) is 2.53. The zero-order chi connectivity index (χ0) is 17.0. The van der Waals surface area contributed by atoms with Gasteiger partial charge in [0.2, 0.25) is 10.0 Å². The number of amides is 1. The van der Waals surface area contributed by atoms with Crippen molar-refractivity contribution in [2.24, 2.45) is 0 Å². The Kier molecular flexibility index (Phi) is 5.51. The van der Waals surface area contributed by atoms with Gasteiger partial charge in [-0.3, -0.25) is 9.78 Å². The molecule has 0 spiro atoms. The lowest BCUT2D eigenvalue weighted by Crippen LogP contribution is -2.25. The van der Waals surface area contributed by atoms with Gasteiger partial charge in [0.05, 0.1) is 4.90 Å². The first-order valence-corrected chi connectivity index (χ1v) is 8.95. The van der Waals surface area contributed by atoms with Crippen molar-refractivity contribution in [3.05, 3.63) is 58.3 Å². The number of sulfonamides is 1. The van der Waals surface area contributed by atoms with E-state index in [1.54, 1.807) is 30.6 Å². The number of benzene rings is 1. The molecule has 1 heterocycles. The summed E-state index contributed by atoms with van der Waals surface area (Å²) in [6, 6.07) is 8.10. The molecule has 122 valence electrons. The SMILES string of the molecule is CN(C)S(=O)(=O)c1cc(C(=O)NCc2cccnc2)ccc1Br. The van der Waals surface area contributed by atoms with Gasteiger partial charge in [0.1, 0.15) is 0 Å². The average molecular weight is 398 g/mol. The Bertz CT molecular complexity index is 808. The molecule has 1 aromatic heterocycles. The molecular weight excluding hydrogens is 382 g/mol. The molecule has 0 atom stereocenters. The van der Waals surface area contributed by atoms with Crippen LogP contribution >= 0.6 is 15.9 Å². The summed E-state index contributed by atoms with van der Waals surface area (Å²) in [6.07, 6.45) is 3.31. The van der Waals surface area contributed by atoms with Crippen molar-refractivity contribution in [3.8, 4) is 0 Å². The zero-order valence-electron chi connectivity index (χ0n) is 12.7. The number of nitrogens with one attached hydrogen (secondary N) is 1. The molecule has 1 amide bonds. The van der Waals surface area contributed by atoms with Gasteiger partial charge in [-0.05, 0) is 45.8 Å². The Labute approximate surface area is 143 Å². The normalized spacial score (nSPS) is 11.5. The molecule has 0 saturated carbocycles. The van der Waals surface area contributed by atoms with E-state index in [-0.39, 0.29) is 16.4 Å². The van der Waals surface area contributed by atoms with E-state index in [9.17, 15) is 13.2 Å². The highest BCUT2D eigenvalue weighted by Gasteiger charge is 2.22. The Hall–Kier alpha value is -1.77. The minimum atomic E-state index is -3.63. The van der Waals surface area contributed by atoms with Crippen LogP contribution < -0.4 is 5.32 Å². The number of carbonyl (C=O) groups excluding carboxylic acids is 1. The van der Waals surface area contributed by atoms with Crippen LogP contribution in [0.15, 0.2) is 52.1 Å². The summed E-state index contributed by atoms with van der Waals surface area (Å²) in [4.78, 5) is 16.2. The number of halogens is 1. The highest BCUT2D eigenvalue weighted by Crippen LogP contribution is 2.25. The van der Waals surface area contributed by atoms with E-state index in [1.807, 2.05) is 6.07 Å². The molecule has 2 aromatic rings. The Morgan fingerprint density at radius 2 is 2.04 bits per heavy atom. The van der Waals surface area contributed by atoms with Crippen LogP contribution in [0.5, 0.6) is 0 Å². The number of pyridine rings is 1. The van der Waals surface area contributed by atoms with Gasteiger partial charge in [0.15, 0.2) is 0 Å². The van der Waals surface area contributed by atoms with E-state index >= 15 is 0 Å². The van der Waals surface area contributed by atoms with Crippen LogP contribution in [0.1, 0.15) is 15.9 Å². The molecule has 0 aliphatic heterocycles. The van der Waals surface area contributed by atoms with Crippen LogP contribution in [-0.2, 0) is 16.6 Å². The van der Waals surface area contributed by atoms with Gasteiger partial charge in [0.25, 0.3) is 5.91 Å². The smallest absolute Gasteiger partial charge is 0.251 e. The lowest BCUT2D eigenvalue weighted by atomic mass is 10.2. The summed E-state index contributed by atoms with van der Waals surface area (Å²) in [5, 5.41) is 2.74. The quantitative estimate of drug-likeness (QED) is 0.836.